The molecule has 0 amide bonds. The van der Waals surface area contributed by atoms with Crippen LogP contribution in [0.15, 0.2) is 28.9 Å². The number of ether oxygens (including phenoxy) is 2. The van der Waals surface area contributed by atoms with Crippen molar-refractivity contribution in [3.05, 3.63) is 34.5 Å². The summed E-state index contributed by atoms with van der Waals surface area (Å²) in [5.41, 5.74) is 1.05. The fourth-order valence-electron chi connectivity index (χ4n) is 1.60. The second-order valence-corrected chi connectivity index (χ2v) is 4.83. The molecule has 4 nitrogen and oxygen atoms in total. The van der Waals surface area contributed by atoms with E-state index in [2.05, 4.69) is 4.99 Å². The molecule has 100 valence electrons. The smallest absolute Gasteiger partial charge is 0.363 e. The molecule has 1 aromatic rings. The molecule has 19 heavy (non-hydrogen) atoms. The van der Waals surface area contributed by atoms with E-state index in [-0.39, 0.29) is 11.6 Å². The number of carbonyl (C=O) groups excluding carboxylic acids is 1. The molecule has 0 fully saturated rings. The lowest BCUT2D eigenvalue weighted by atomic mass is 10.2. The van der Waals surface area contributed by atoms with Crippen molar-refractivity contribution in [2.75, 3.05) is 7.11 Å². The largest absolute Gasteiger partial charge is 0.495 e. The second kappa shape index (κ2) is 5.45. The minimum absolute atomic E-state index is 0.0781. The summed E-state index contributed by atoms with van der Waals surface area (Å²) >= 11 is 6.02. The van der Waals surface area contributed by atoms with Gasteiger partial charge in [-0.25, -0.2) is 9.79 Å². The van der Waals surface area contributed by atoms with Crippen LogP contribution in [0.25, 0.3) is 6.08 Å². The van der Waals surface area contributed by atoms with Crippen LogP contribution < -0.4 is 4.74 Å². The summed E-state index contributed by atoms with van der Waals surface area (Å²) in [5, 5.41) is 0.483. The van der Waals surface area contributed by atoms with Gasteiger partial charge in [0.2, 0.25) is 5.90 Å². The number of halogens is 1. The molecule has 1 aliphatic heterocycles. The molecule has 1 aromatic carbocycles. The summed E-state index contributed by atoms with van der Waals surface area (Å²) in [6.45, 7) is 3.83. The number of hydrogen-bond acceptors (Lipinski definition) is 4. The first kappa shape index (κ1) is 13.6. The number of rotatable bonds is 3. The first-order valence-corrected chi connectivity index (χ1v) is 6.25. The fourth-order valence-corrected chi connectivity index (χ4v) is 1.87. The molecule has 2 rings (SSSR count). The Morgan fingerprint density at radius 3 is 2.68 bits per heavy atom. The molecule has 0 aromatic heterocycles. The van der Waals surface area contributed by atoms with Crippen LogP contribution in [0.4, 0.5) is 0 Å². The number of cyclic esters (lactones) is 1. The third-order valence-corrected chi connectivity index (χ3v) is 2.91. The van der Waals surface area contributed by atoms with Crippen LogP contribution in [-0.2, 0) is 9.53 Å². The van der Waals surface area contributed by atoms with Gasteiger partial charge >= 0.3 is 5.97 Å². The van der Waals surface area contributed by atoms with Crippen molar-refractivity contribution in [1.29, 1.82) is 0 Å². The predicted octanol–water partition coefficient (Wildman–Crippen LogP) is 3.30. The highest BCUT2D eigenvalue weighted by Crippen LogP contribution is 2.27. The SMILES string of the molecule is COc1ccc(/C=C2/N=C(C(C)C)OC2=O)cc1Cl. The topological polar surface area (TPSA) is 47.9 Å². The zero-order chi connectivity index (χ0) is 14.0. The maximum absolute atomic E-state index is 11.6. The number of benzene rings is 1. The molecule has 1 aliphatic rings. The van der Waals surface area contributed by atoms with Crippen molar-refractivity contribution in [1.82, 2.24) is 0 Å². The van der Waals surface area contributed by atoms with Crippen LogP contribution in [0.5, 0.6) is 5.75 Å². The highest BCUT2D eigenvalue weighted by atomic mass is 35.5. The molecule has 0 saturated heterocycles. The lowest BCUT2D eigenvalue weighted by Gasteiger charge is -2.03. The summed E-state index contributed by atoms with van der Waals surface area (Å²) < 4.78 is 10.1. The monoisotopic (exact) mass is 279 g/mol. The zero-order valence-electron chi connectivity index (χ0n) is 10.9. The Morgan fingerprint density at radius 2 is 2.16 bits per heavy atom. The Balaban J connectivity index is 2.31. The molecule has 0 aliphatic carbocycles. The average Bonchev–Trinajstić information content (AvgIpc) is 2.71. The normalized spacial score (nSPS) is 16.8. The Kier molecular flexibility index (Phi) is 3.90. The summed E-state index contributed by atoms with van der Waals surface area (Å²) in [6, 6.07) is 5.25. The van der Waals surface area contributed by atoms with Crippen LogP contribution in [-0.4, -0.2) is 19.0 Å². The van der Waals surface area contributed by atoms with Crippen molar-refractivity contribution < 1.29 is 14.3 Å². The number of aliphatic imine (C=N–C) groups is 1. The van der Waals surface area contributed by atoms with E-state index in [1.807, 2.05) is 13.8 Å². The van der Waals surface area contributed by atoms with Crippen LogP contribution in [0.1, 0.15) is 19.4 Å². The van der Waals surface area contributed by atoms with E-state index in [1.165, 1.54) is 0 Å². The van der Waals surface area contributed by atoms with Crippen molar-refractivity contribution in [3.63, 3.8) is 0 Å². The van der Waals surface area contributed by atoms with Gasteiger partial charge in [-0.1, -0.05) is 31.5 Å². The molecule has 0 atom stereocenters. The van der Waals surface area contributed by atoms with Gasteiger partial charge in [0.25, 0.3) is 0 Å². The Morgan fingerprint density at radius 1 is 1.42 bits per heavy atom. The standard InChI is InChI=1S/C14H14ClNO3/c1-8(2)13-16-11(14(17)19-13)7-9-4-5-12(18-3)10(15)6-9/h4-8H,1-3H3/b11-7+. The molecule has 5 heteroatoms. The van der Waals surface area contributed by atoms with E-state index >= 15 is 0 Å². The maximum Gasteiger partial charge on any atom is 0.363 e. The lowest BCUT2D eigenvalue weighted by molar-refractivity contribution is -0.130. The number of methoxy groups -OCH3 is 1. The van der Waals surface area contributed by atoms with Gasteiger partial charge in [-0.2, -0.15) is 0 Å². The summed E-state index contributed by atoms with van der Waals surface area (Å²) in [6.07, 6.45) is 1.64. The Labute approximate surface area is 116 Å². The van der Waals surface area contributed by atoms with Gasteiger partial charge in [0.15, 0.2) is 5.70 Å². The predicted molar refractivity (Wildman–Crippen MR) is 74.3 cm³/mol. The molecule has 0 bridgehead atoms. The van der Waals surface area contributed by atoms with E-state index in [0.717, 1.165) is 5.56 Å². The highest BCUT2D eigenvalue weighted by Gasteiger charge is 2.24. The number of esters is 1. The summed E-state index contributed by atoms with van der Waals surface area (Å²) in [4.78, 5) is 15.8. The van der Waals surface area contributed by atoms with Crippen LogP contribution >= 0.6 is 11.6 Å². The first-order valence-electron chi connectivity index (χ1n) is 5.87. The number of carbonyl (C=O) groups is 1. The second-order valence-electron chi connectivity index (χ2n) is 4.42. The first-order chi connectivity index (χ1) is 9.01. The van der Waals surface area contributed by atoms with Crippen molar-refractivity contribution in [2.45, 2.75) is 13.8 Å². The van der Waals surface area contributed by atoms with Crippen LogP contribution in [0.2, 0.25) is 5.02 Å². The third kappa shape index (κ3) is 2.96. The van der Waals surface area contributed by atoms with Crippen molar-refractivity contribution in [3.8, 4) is 5.75 Å². The Hall–Kier alpha value is -1.81. The quantitative estimate of drug-likeness (QED) is 0.630. The third-order valence-electron chi connectivity index (χ3n) is 2.61. The minimum Gasteiger partial charge on any atom is -0.495 e. The summed E-state index contributed by atoms with van der Waals surface area (Å²) in [5.74, 6) is 0.671. The van der Waals surface area contributed by atoms with Crippen molar-refractivity contribution in [2.24, 2.45) is 10.9 Å². The molecule has 1 heterocycles. The van der Waals surface area contributed by atoms with Crippen LogP contribution in [0.3, 0.4) is 0 Å². The van der Waals surface area contributed by atoms with Gasteiger partial charge in [0.1, 0.15) is 5.75 Å². The van der Waals surface area contributed by atoms with Gasteiger partial charge in [-0.3, -0.25) is 0 Å². The number of hydrogen-bond donors (Lipinski definition) is 0. The zero-order valence-corrected chi connectivity index (χ0v) is 11.7. The van der Waals surface area contributed by atoms with Crippen molar-refractivity contribution >= 4 is 29.5 Å². The number of nitrogens with zero attached hydrogens (tertiary/aromatic N) is 1. The van der Waals surface area contributed by atoms with Gasteiger partial charge in [0.05, 0.1) is 12.1 Å². The van der Waals surface area contributed by atoms with E-state index in [4.69, 9.17) is 21.1 Å². The van der Waals surface area contributed by atoms with Gasteiger partial charge in [-0.05, 0) is 23.8 Å². The molecule has 0 saturated carbocycles. The highest BCUT2D eigenvalue weighted by molar-refractivity contribution is 6.32. The molecule has 0 unspecified atom stereocenters. The van der Waals surface area contributed by atoms with Gasteiger partial charge < -0.3 is 9.47 Å². The molecule has 0 N–H and O–H groups in total. The van der Waals surface area contributed by atoms with E-state index in [9.17, 15) is 4.79 Å². The Bertz CT molecular complexity index is 576. The minimum atomic E-state index is -0.435. The maximum atomic E-state index is 11.6. The van der Waals surface area contributed by atoms with Gasteiger partial charge in [0, 0.05) is 5.92 Å². The van der Waals surface area contributed by atoms with Gasteiger partial charge in [-0.15, -0.1) is 0 Å². The van der Waals surface area contributed by atoms with E-state index in [0.29, 0.717) is 16.7 Å². The van der Waals surface area contributed by atoms with Crippen LogP contribution in [0, 0.1) is 5.92 Å². The summed E-state index contributed by atoms with van der Waals surface area (Å²) in [7, 11) is 1.55. The lowest BCUT2D eigenvalue weighted by Crippen LogP contribution is -2.09. The average molecular weight is 280 g/mol. The molecule has 0 radical (unpaired) electrons. The molecular formula is C14H14ClNO3. The van der Waals surface area contributed by atoms with E-state index in [1.54, 1.807) is 31.4 Å². The van der Waals surface area contributed by atoms with E-state index < -0.39 is 5.97 Å². The fraction of sp³-hybridized carbons (Fsp3) is 0.286. The molecular weight excluding hydrogens is 266 g/mol. The molecule has 0 spiro atoms.